The minimum absolute atomic E-state index is 0.0886. The molecule has 1 amide bonds. The highest BCUT2D eigenvalue weighted by Gasteiger charge is 2.37. The topological polar surface area (TPSA) is 43.8 Å². The Balaban J connectivity index is 1.52. The molecule has 150 valence electrons. The maximum absolute atomic E-state index is 12.7. The van der Waals surface area contributed by atoms with Crippen molar-refractivity contribution in [2.45, 2.75) is 44.8 Å². The summed E-state index contributed by atoms with van der Waals surface area (Å²) < 4.78 is 0. The first kappa shape index (κ1) is 20.6. The van der Waals surface area contributed by atoms with Crippen LogP contribution >= 0.6 is 0 Å². The lowest BCUT2D eigenvalue weighted by Crippen LogP contribution is -2.45. The van der Waals surface area contributed by atoms with Crippen molar-refractivity contribution in [3.63, 3.8) is 0 Å². The summed E-state index contributed by atoms with van der Waals surface area (Å²) in [6.45, 7) is 6.87. The monoisotopic (exact) mass is 380 g/mol. The van der Waals surface area contributed by atoms with Crippen LogP contribution in [0, 0.1) is 6.92 Å². The molecular formula is C24H32N2O2. The molecule has 1 heterocycles. The van der Waals surface area contributed by atoms with Crippen LogP contribution in [-0.2, 0) is 11.3 Å². The number of rotatable bonds is 7. The SMILES string of the molecule is Cc1ccccc1C(C)CC(=O)N(C)CC1(O)CCN(Cc2ccccc2)C1. The first-order valence-electron chi connectivity index (χ1n) is 10.1. The number of carbonyl (C=O) groups is 1. The van der Waals surface area contributed by atoms with E-state index in [2.05, 4.69) is 43.0 Å². The van der Waals surface area contributed by atoms with Gasteiger partial charge in [-0.25, -0.2) is 0 Å². The van der Waals surface area contributed by atoms with Crippen LogP contribution < -0.4 is 0 Å². The van der Waals surface area contributed by atoms with Crippen molar-refractivity contribution in [3.8, 4) is 0 Å². The number of aliphatic hydroxyl groups is 1. The zero-order valence-corrected chi connectivity index (χ0v) is 17.3. The van der Waals surface area contributed by atoms with E-state index in [4.69, 9.17) is 0 Å². The van der Waals surface area contributed by atoms with Gasteiger partial charge in [-0.2, -0.15) is 0 Å². The normalized spacial score (nSPS) is 20.9. The molecule has 1 fully saturated rings. The first-order valence-corrected chi connectivity index (χ1v) is 10.1. The maximum atomic E-state index is 12.7. The Labute approximate surface area is 168 Å². The van der Waals surface area contributed by atoms with Gasteiger partial charge in [-0.1, -0.05) is 61.5 Å². The van der Waals surface area contributed by atoms with Crippen molar-refractivity contribution >= 4 is 5.91 Å². The molecule has 2 aromatic carbocycles. The zero-order valence-electron chi connectivity index (χ0n) is 17.3. The fourth-order valence-electron chi connectivity index (χ4n) is 4.24. The molecule has 0 saturated carbocycles. The van der Waals surface area contributed by atoms with Gasteiger partial charge in [0.1, 0.15) is 0 Å². The Morgan fingerprint density at radius 1 is 1.18 bits per heavy atom. The lowest BCUT2D eigenvalue weighted by atomic mass is 9.93. The lowest BCUT2D eigenvalue weighted by Gasteiger charge is -2.30. The Hall–Kier alpha value is -2.17. The molecule has 1 aliphatic heterocycles. The van der Waals surface area contributed by atoms with Gasteiger partial charge >= 0.3 is 0 Å². The molecule has 0 bridgehead atoms. The van der Waals surface area contributed by atoms with Crippen molar-refractivity contribution in [3.05, 3.63) is 71.3 Å². The Morgan fingerprint density at radius 2 is 1.86 bits per heavy atom. The van der Waals surface area contributed by atoms with E-state index >= 15 is 0 Å². The van der Waals surface area contributed by atoms with E-state index in [1.165, 1.54) is 16.7 Å². The van der Waals surface area contributed by atoms with Crippen LogP contribution in [0.4, 0.5) is 0 Å². The summed E-state index contributed by atoms with van der Waals surface area (Å²) in [5, 5.41) is 11.0. The van der Waals surface area contributed by atoms with Gasteiger partial charge < -0.3 is 10.0 Å². The van der Waals surface area contributed by atoms with Gasteiger partial charge in [0.2, 0.25) is 5.91 Å². The van der Waals surface area contributed by atoms with E-state index in [1.807, 2.05) is 37.4 Å². The summed E-state index contributed by atoms with van der Waals surface area (Å²) >= 11 is 0. The Morgan fingerprint density at radius 3 is 2.57 bits per heavy atom. The molecule has 0 aliphatic carbocycles. The van der Waals surface area contributed by atoms with E-state index in [0.29, 0.717) is 25.9 Å². The number of likely N-dealkylation sites (N-methyl/N-ethyl adjacent to an activating group) is 1. The molecule has 1 aliphatic rings. The van der Waals surface area contributed by atoms with Crippen molar-refractivity contribution < 1.29 is 9.90 Å². The molecule has 1 N–H and O–H groups in total. The lowest BCUT2D eigenvalue weighted by molar-refractivity contribution is -0.133. The number of β-amino-alcohol motifs (C(OH)–C–C–N with tert-alkyl or cyclic N) is 1. The maximum Gasteiger partial charge on any atom is 0.223 e. The predicted molar refractivity (Wildman–Crippen MR) is 113 cm³/mol. The highest BCUT2D eigenvalue weighted by atomic mass is 16.3. The highest BCUT2D eigenvalue weighted by Crippen LogP contribution is 2.26. The second kappa shape index (κ2) is 8.89. The van der Waals surface area contributed by atoms with Gasteiger partial charge in [-0.3, -0.25) is 9.69 Å². The first-order chi connectivity index (χ1) is 13.4. The van der Waals surface area contributed by atoms with E-state index in [9.17, 15) is 9.90 Å². The van der Waals surface area contributed by atoms with E-state index in [-0.39, 0.29) is 11.8 Å². The van der Waals surface area contributed by atoms with Crippen LogP contribution in [0.3, 0.4) is 0 Å². The minimum atomic E-state index is -0.828. The average Bonchev–Trinajstić information content (AvgIpc) is 3.03. The number of benzene rings is 2. The minimum Gasteiger partial charge on any atom is -0.387 e. The second-order valence-corrected chi connectivity index (χ2v) is 8.38. The number of hydrogen-bond donors (Lipinski definition) is 1. The van der Waals surface area contributed by atoms with Crippen molar-refractivity contribution in [1.29, 1.82) is 0 Å². The number of hydrogen-bond acceptors (Lipinski definition) is 3. The van der Waals surface area contributed by atoms with Gasteiger partial charge in [0, 0.05) is 33.1 Å². The van der Waals surface area contributed by atoms with Gasteiger partial charge in [0.25, 0.3) is 0 Å². The molecule has 2 atom stereocenters. The fraction of sp³-hybridized carbons (Fsp3) is 0.458. The van der Waals surface area contributed by atoms with E-state index < -0.39 is 5.60 Å². The van der Waals surface area contributed by atoms with E-state index in [1.54, 1.807) is 4.90 Å². The Bertz CT molecular complexity index is 792. The summed E-state index contributed by atoms with van der Waals surface area (Å²) in [5.41, 5.74) is 2.86. The quantitative estimate of drug-likeness (QED) is 0.798. The number of carbonyl (C=O) groups excluding carboxylic acids is 1. The average molecular weight is 381 g/mol. The molecule has 0 spiro atoms. The third kappa shape index (κ3) is 5.21. The van der Waals surface area contributed by atoms with Crippen LogP contribution in [0.2, 0.25) is 0 Å². The third-order valence-electron chi connectivity index (χ3n) is 5.82. The molecule has 2 aromatic rings. The summed E-state index contributed by atoms with van der Waals surface area (Å²) in [5.74, 6) is 0.259. The van der Waals surface area contributed by atoms with Gasteiger partial charge in [-0.15, -0.1) is 0 Å². The summed E-state index contributed by atoms with van der Waals surface area (Å²) in [4.78, 5) is 16.7. The molecular weight excluding hydrogens is 348 g/mol. The van der Waals surface area contributed by atoms with Crippen LogP contribution in [0.5, 0.6) is 0 Å². The van der Waals surface area contributed by atoms with Crippen molar-refractivity contribution in [2.24, 2.45) is 0 Å². The van der Waals surface area contributed by atoms with Crippen molar-refractivity contribution in [2.75, 3.05) is 26.7 Å². The molecule has 1 saturated heterocycles. The van der Waals surface area contributed by atoms with Gasteiger partial charge in [0.15, 0.2) is 0 Å². The van der Waals surface area contributed by atoms with Gasteiger partial charge in [0.05, 0.1) is 12.1 Å². The van der Waals surface area contributed by atoms with Crippen LogP contribution in [0.1, 0.15) is 42.4 Å². The number of amides is 1. The molecule has 4 nitrogen and oxygen atoms in total. The number of aryl methyl sites for hydroxylation is 1. The molecule has 2 unspecified atom stereocenters. The van der Waals surface area contributed by atoms with E-state index in [0.717, 1.165) is 13.1 Å². The summed E-state index contributed by atoms with van der Waals surface area (Å²) in [7, 11) is 1.81. The largest absolute Gasteiger partial charge is 0.387 e. The summed E-state index contributed by atoms with van der Waals surface area (Å²) in [6.07, 6.45) is 1.16. The van der Waals surface area contributed by atoms with Crippen molar-refractivity contribution in [1.82, 2.24) is 9.80 Å². The van der Waals surface area contributed by atoms with Crippen LogP contribution in [0.15, 0.2) is 54.6 Å². The van der Waals surface area contributed by atoms with Crippen LogP contribution in [-0.4, -0.2) is 53.1 Å². The molecule has 0 radical (unpaired) electrons. The molecule has 4 heteroatoms. The fourth-order valence-corrected chi connectivity index (χ4v) is 4.24. The molecule has 28 heavy (non-hydrogen) atoms. The zero-order chi connectivity index (χ0) is 20.1. The summed E-state index contributed by atoms with van der Waals surface area (Å²) in [6, 6.07) is 18.6. The Kier molecular flexibility index (Phi) is 6.53. The molecule has 0 aromatic heterocycles. The van der Waals surface area contributed by atoms with Gasteiger partial charge in [-0.05, 0) is 36.0 Å². The smallest absolute Gasteiger partial charge is 0.223 e. The molecule has 3 rings (SSSR count). The van der Waals surface area contributed by atoms with Crippen LogP contribution in [0.25, 0.3) is 0 Å². The highest BCUT2D eigenvalue weighted by molar-refractivity contribution is 5.77. The standard InChI is InChI=1S/C24H32N2O2/c1-19-9-7-8-12-22(19)20(2)15-23(27)25(3)17-24(28)13-14-26(18-24)16-21-10-5-4-6-11-21/h4-12,20,28H,13-18H2,1-3H3. The number of nitrogens with zero attached hydrogens (tertiary/aromatic N) is 2. The third-order valence-corrected chi connectivity index (χ3v) is 5.82. The second-order valence-electron chi connectivity index (χ2n) is 8.38. The predicted octanol–water partition coefficient (Wildman–Crippen LogP) is 3.58. The number of likely N-dealkylation sites (tertiary alicyclic amines) is 1.